The second-order valence-corrected chi connectivity index (χ2v) is 4.98. The summed E-state index contributed by atoms with van der Waals surface area (Å²) in [5, 5.41) is 2.87. The molecule has 86 valence electrons. The van der Waals surface area contributed by atoms with E-state index in [-0.39, 0.29) is 11.9 Å². The minimum Gasteiger partial charge on any atom is -0.353 e. The van der Waals surface area contributed by atoms with Crippen molar-refractivity contribution in [2.45, 2.75) is 19.5 Å². The second-order valence-electron chi connectivity index (χ2n) is 4.06. The molecular weight excluding hydrogens is 268 g/mol. The van der Waals surface area contributed by atoms with Gasteiger partial charge in [0.15, 0.2) is 0 Å². The normalized spacial score (nSPS) is 21.9. The van der Waals surface area contributed by atoms with Crippen LogP contribution >= 0.6 is 15.9 Å². The molecule has 0 spiro atoms. The SMILES string of the molecule is CC1C(=O)NCCN1Cc1ccc(Br)cc1. The van der Waals surface area contributed by atoms with E-state index < -0.39 is 0 Å². The number of carbonyl (C=O) groups excluding carboxylic acids is 1. The fraction of sp³-hybridized carbons (Fsp3) is 0.417. The molecule has 1 atom stereocenters. The number of hydrogen-bond acceptors (Lipinski definition) is 2. The van der Waals surface area contributed by atoms with Crippen molar-refractivity contribution in [1.82, 2.24) is 10.2 Å². The summed E-state index contributed by atoms with van der Waals surface area (Å²) in [6, 6.07) is 8.21. The number of amides is 1. The molecule has 1 aliphatic rings. The molecule has 1 fully saturated rings. The Balaban J connectivity index is 2.03. The third-order valence-electron chi connectivity index (χ3n) is 2.92. The van der Waals surface area contributed by atoms with Crippen LogP contribution in [0.1, 0.15) is 12.5 Å². The van der Waals surface area contributed by atoms with Gasteiger partial charge < -0.3 is 5.32 Å². The van der Waals surface area contributed by atoms with E-state index in [1.54, 1.807) is 0 Å². The van der Waals surface area contributed by atoms with Gasteiger partial charge in [0.1, 0.15) is 0 Å². The van der Waals surface area contributed by atoms with Crippen LogP contribution in [0.15, 0.2) is 28.7 Å². The van der Waals surface area contributed by atoms with Gasteiger partial charge in [-0.05, 0) is 24.6 Å². The van der Waals surface area contributed by atoms with E-state index in [0.717, 1.165) is 24.1 Å². The first-order valence-electron chi connectivity index (χ1n) is 5.43. The number of benzene rings is 1. The summed E-state index contributed by atoms with van der Waals surface area (Å²) in [7, 11) is 0. The van der Waals surface area contributed by atoms with Gasteiger partial charge in [0.2, 0.25) is 5.91 Å². The average molecular weight is 283 g/mol. The van der Waals surface area contributed by atoms with Gasteiger partial charge in [-0.15, -0.1) is 0 Å². The molecule has 1 N–H and O–H groups in total. The Labute approximate surface area is 104 Å². The minimum absolute atomic E-state index is 0.0302. The molecule has 0 aliphatic carbocycles. The average Bonchev–Trinajstić information content (AvgIpc) is 2.28. The summed E-state index contributed by atoms with van der Waals surface area (Å²) in [6.07, 6.45) is 0. The molecule has 3 nitrogen and oxygen atoms in total. The predicted octanol–water partition coefficient (Wildman–Crippen LogP) is 1.77. The summed E-state index contributed by atoms with van der Waals surface area (Å²) in [6.45, 7) is 4.46. The Morgan fingerprint density at radius 2 is 2.12 bits per heavy atom. The number of nitrogens with zero attached hydrogens (tertiary/aromatic N) is 1. The molecule has 0 aromatic heterocycles. The monoisotopic (exact) mass is 282 g/mol. The maximum atomic E-state index is 11.5. The van der Waals surface area contributed by atoms with Gasteiger partial charge >= 0.3 is 0 Å². The Morgan fingerprint density at radius 1 is 1.44 bits per heavy atom. The van der Waals surface area contributed by atoms with Gasteiger partial charge in [0, 0.05) is 24.1 Å². The quantitative estimate of drug-likeness (QED) is 0.897. The Bertz CT molecular complexity index is 377. The van der Waals surface area contributed by atoms with Crippen LogP contribution in [-0.2, 0) is 11.3 Å². The molecular formula is C12H15BrN2O. The number of hydrogen-bond donors (Lipinski definition) is 1. The van der Waals surface area contributed by atoms with Crippen molar-refractivity contribution in [2.75, 3.05) is 13.1 Å². The summed E-state index contributed by atoms with van der Waals surface area (Å²) < 4.78 is 1.08. The predicted molar refractivity (Wildman–Crippen MR) is 67.0 cm³/mol. The number of nitrogens with one attached hydrogen (secondary N) is 1. The van der Waals surface area contributed by atoms with Crippen LogP contribution < -0.4 is 5.32 Å². The number of carbonyl (C=O) groups is 1. The van der Waals surface area contributed by atoms with Gasteiger partial charge in [-0.25, -0.2) is 0 Å². The van der Waals surface area contributed by atoms with Gasteiger partial charge in [-0.3, -0.25) is 9.69 Å². The number of rotatable bonds is 2. The highest BCUT2D eigenvalue weighted by molar-refractivity contribution is 9.10. The first-order valence-corrected chi connectivity index (χ1v) is 6.22. The van der Waals surface area contributed by atoms with Crippen molar-refractivity contribution in [3.63, 3.8) is 0 Å². The summed E-state index contributed by atoms with van der Waals surface area (Å²) in [5.74, 6) is 0.128. The highest BCUT2D eigenvalue weighted by Gasteiger charge is 2.24. The van der Waals surface area contributed by atoms with Crippen LogP contribution in [0.4, 0.5) is 0 Å². The van der Waals surface area contributed by atoms with Crippen LogP contribution in [0.25, 0.3) is 0 Å². The summed E-state index contributed by atoms with van der Waals surface area (Å²) in [5.41, 5.74) is 1.24. The molecule has 1 unspecified atom stereocenters. The van der Waals surface area contributed by atoms with Gasteiger partial charge in [-0.1, -0.05) is 28.1 Å². The number of halogens is 1. The van der Waals surface area contributed by atoms with E-state index in [9.17, 15) is 4.79 Å². The van der Waals surface area contributed by atoms with E-state index >= 15 is 0 Å². The molecule has 1 aromatic rings. The molecule has 1 aromatic carbocycles. The van der Waals surface area contributed by atoms with Crippen molar-refractivity contribution < 1.29 is 4.79 Å². The van der Waals surface area contributed by atoms with Gasteiger partial charge in [0.05, 0.1) is 6.04 Å². The molecule has 1 heterocycles. The van der Waals surface area contributed by atoms with Gasteiger partial charge in [0.25, 0.3) is 0 Å². The second kappa shape index (κ2) is 4.97. The lowest BCUT2D eigenvalue weighted by Crippen LogP contribution is -2.53. The molecule has 1 aliphatic heterocycles. The maximum absolute atomic E-state index is 11.5. The van der Waals surface area contributed by atoms with E-state index in [1.165, 1.54) is 5.56 Å². The molecule has 2 rings (SSSR count). The lowest BCUT2D eigenvalue weighted by Gasteiger charge is -2.32. The van der Waals surface area contributed by atoms with Gasteiger partial charge in [-0.2, -0.15) is 0 Å². The number of piperazine rings is 1. The molecule has 16 heavy (non-hydrogen) atoms. The van der Waals surface area contributed by atoms with Crippen LogP contribution in [0.2, 0.25) is 0 Å². The smallest absolute Gasteiger partial charge is 0.237 e. The van der Waals surface area contributed by atoms with Crippen LogP contribution in [0.3, 0.4) is 0 Å². The zero-order chi connectivity index (χ0) is 11.5. The topological polar surface area (TPSA) is 32.3 Å². The largest absolute Gasteiger partial charge is 0.353 e. The first-order chi connectivity index (χ1) is 7.66. The van der Waals surface area contributed by atoms with E-state index in [0.29, 0.717) is 0 Å². The Hall–Kier alpha value is -0.870. The zero-order valence-electron chi connectivity index (χ0n) is 9.24. The highest BCUT2D eigenvalue weighted by atomic mass is 79.9. The van der Waals surface area contributed by atoms with Crippen molar-refractivity contribution in [2.24, 2.45) is 0 Å². The minimum atomic E-state index is -0.0302. The lowest BCUT2D eigenvalue weighted by molar-refractivity contribution is -0.128. The van der Waals surface area contributed by atoms with Crippen molar-refractivity contribution in [1.29, 1.82) is 0 Å². The third-order valence-corrected chi connectivity index (χ3v) is 3.45. The van der Waals surface area contributed by atoms with Crippen molar-refractivity contribution in [3.05, 3.63) is 34.3 Å². The zero-order valence-corrected chi connectivity index (χ0v) is 10.8. The lowest BCUT2D eigenvalue weighted by atomic mass is 10.1. The van der Waals surface area contributed by atoms with E-state index in [1.807, 2.05) is 19.1 Å². The Kier molecular flexibility index (Phi) is 3.61. The molecule has 4 heteroatoms. The third kappa shape index (κ3) is 2.62. The fourth-order valence-corrected chi connectivity index (χ4v) is 2.13. The molecule has 0 radical (unpaired) electrons. The molecule has 0 saturated carbocycles. The standard InChI is InChI=1S/C12H15BrN2O/c1-9-12(16)14-6-7-15(9)8-10-2-4-11(13)5-3-10/h2-5,9H,6-8H2,1H3,(H,14,16). The highest BCUT2D eigenvalue weighted by Crippen LogP contribution is 2.14. The van der Waals surface area contributed by atoms with E-state index in [4.69, 9.17) is 0 Å². The van der Waals surface area contributed by atoms with Crippen molar-refractivity contribution >= 4 is 21.8 Å². The van der Waals surface area contributed by atoms with Crippen molar-refractivity contribution in [3.8, 4) is 0 Å². The van der Waals surface area contributed by atoms with Crippen LogP contribution in [0, 0.1) is 0 Å². The summed E-state index contributed by atoms with van der Waals surface area (Å²) in [4.78, 5) is 13.7. The molecule has 1 amide bonds. The fourth-order valence-electron chi connectivity index (χ4n) is 1.87. The van der Waals surface area contributed by atoms with E-state index in [2.05, 4.69) is 38.3 Å². The first kappa shape index (κ1) is 11.6. The Morgan fingerprint density at radius 3 is 2.81 bits per heavy atom. The molecule has 1 saturated heterocycles. The summed E-state index contributed by atoms with van der Waals surface area (Å²) >= 11 is 3.41. The molecule has 0 bridgehead atoms. The maximum Gasteiger partial charge on any atom is 0.237 e. The van der Waals surface area contributed by atoms with Crippen LogP contribution in [0.5, 0.6) is 0 Å². The van der Waals surface area contributed by atoms with Crippen LogP contribution in [-0.4, -0.2) is 29.9 Å².